The molecule has 0 aliphatic carbocycles. The summed E-state index contributed by atoms with van der Waals surface area (Å²) in [5, 5.41) is 0.515. The van der Waals surface area contributed by atoms with Gasteiger partial charge in [-0.1, -0.05) is 11.6 Å². The number of hydrogen-bond donors (Lipinski definition) is 0. The van der Waals surface area contributed by atoms with Crippen LogP contribution in [0.3, 0.4) is 0 Å². The fraction of sp³-hybridized carbons (Fsp3) is 0.500. The van der Waals surface area contributed by atoms with Crippen LogP contribution in [0.15, 0.2) is 27.4 Å². The Kier molecular flexibility index (Phi) is 4.46. The molecule has 2 aromatic rings. The lowest BCUT2D eigenvalue weighted by Gasteiger charge is -2.38. The van der Waals surface area contributed by atoms with Crippen LogP contribution in [-0.4, -0.2) is 53.0 Å². The number of likely N-dealkylation sites (N-methyl/N-ethyl adjacent to an activating group) is 1. The van der Waals surface area contributed by atoms with Gasteiger partial charge in [0.25, 0.3) is 0 Å². The highest BCUT2D eigenvalue weighted by atomic mass is 35.5. The van der Waals surface area contributed by atoms with E-state index in [1.54, 1.807) is 18.2 Å². The van der Waals surface area contributed by atoms with Crippen molar-refractivity contribution in [3.63, 3.8) is 0 Å². The van der Waals surface area contributed by atoms with Crippen molar-refractivity contribution < 1.29 is 9.21 Å². The molecular formula is C16H20ClN3O3. The molecule has 1 saturated heterocycles. The molecule has 3 rings (SSSR count). The molecule has 1 amide bonds. The Bertz CT molecular complexity index is 782. The maximum atomic E-state index is 12.5. The zero-order valence-electron chi connectivity index (χ0n) is 13.3. The third-order valence-corrected chi connectivity index (χ3v) is 4.57. The molecule has 0 N–H and O–H groups in total. The second-order valence-electron chi connectivity index (χ2n) is 6.08. The molecule has 1 aromatic heterocycles. The molecule has 23 heavy (non-hydrogen) atoms. The van der Waals surface area contributed by atoms with Gasteiger partial charge in [0.2, 0.25) is 5.91 Å². The van der Waals surface area contributed by atoms with E-state index in [0.717, 1.165) is 19.6 Å². The molecule has 2 heterocycles. The molecule has 6 nitrogen and oxygen atoms in total. The van der Waals surface area contributed by atoms with Crippen molar-refractivity contribution in [2.45, 2.75) is 25.9 Å². The predicted molar refractivity (Wildman–Crippen MR) is 88.8 cm³/mol. The number of oxazole rings is 1. The minimum Gasteiger partial charge on any atom is -0.408 e. The van der Waals surface area contributed by atoms with Crippen LogP contribution in [-0.2, 0) is 11.3 Å². The van der Waals surface area contributed by atoms with Crippen LogP contribution in [0, 0.1) is 0 Å². The summed E-state index contributed by atoms with van der Waals surface area (Å²) in [6, 6.07) is 5.25. The van der Waals surface area contributed by atoms with E-state index >= 15 is 0 Å². The van der Waals surface area contributed by atoms with E-state index in [-0.39, 0.29) is 18.4 Å². The molecular weight excluding hydrogens is 318 g/mol. The summed E-state index contributed by atoms with van der Waals surface area (Å²) in [6.45, 7) is 4.84. The summed E-state index contributed by atoms with van der Waals surface area (Å²) in [6.07, 6.45) is 0.283. The largest absolute Gasteiger partial charge is 0.419 e. The summed E-state index contributed by atoms with van der Waals surface area (Å²) >= 11 is 5.90. The van der Waals surface area contributed by atoms with Gasteiger partial charge < -0.3 is 14.2 Å². The summed E-state index contributed by atoms with van der Waals surface area (Å²) in [7, 11) is 2.06. The number of amides is 1. The summed E-state index contributed by atoms with van der Waals surface area (Å²) in [4.78, 5) is 28.5. The second kappa shape index (κ2) is 6.37. The van der Waals surface area contributed by atoms with Crippen molar-refractivity contribution in [1.29, 1.82) is 0 Å². The summed E-state index contributed by atoms with van der Waals surface area (Å²) < 4.78 is 6.67. The highest BCUT2D eigenvalue weighted by Crippen LogP contribution is 2.19. The zero-order chi connectivity index (χ0) is 16.6. The van der Waals surface area contributed by atoms with Gasteiger partial charge in [0.1, 0.15) is 0 Å². The molecule has 1 atom stereocenters. The average Bonchev–Trinajstić information content (AvgIpc) is 2.79. The van der Waals surface area contributed by atoms with Crippen LogP contribution in [0.1, 0.15) is 13.3 Å². The van der Waals surface area contributed by atoms with Crippen molar-refractivity contribution in [2.75, 3.05) is 26.7 Å². The van der Waals surface area contributed by atoms with Gasteiger partial charge in [0.05, 0.1) is 5.52 Å². The van der Waals surface area contributed by atoms with Crippen molar-refractivity contribution in [2.24, 2.45) is 0 Å². The molecule has 1 unspecified atom stereocenters. The number of fused-ring (bicyclic) bond motifs is 1. The zero-order valence-corrected chi connectivity index (χ0v) is 14.0. The van der Waals surface area contributed by atoms with E-state index < -0.39 is 5.76 Å². The first kappa shape index (κ1) is 16.1. The lowest BCUT2D eigenvalue weighted by Crippen LogP contribution is -2.52. The van der Waals surface area contributed by atoms with Crippen LogP contribution in [0.25, 0.3) is 11.1 Å². The van der Waals surface area contributed by atoms with E-state index in [0.29, 0.717) is 22.7 Å². The Hall–Kier alpha value is -1.79. The maximum Gasteiger partial charge on any atom is 0.419 e. The SMILES string of the molecule is CC1CN(C)CCN1C(=O)CCn1c(=O)oc2cc(Cl)ccc21. The number of carbonyl (C=O) groups is 1. The quantitative estimate of drug-likeness (QED) is 0.857. The molecule has 1 fully saturated rings. The fourth-order valence-electron chi connectivity index (χ4n) is 3.11. The first-order chi connectivity index (χ1) is 11.0. The van der Waals surface area contributed by atoms with Crippen LogP contribution in [0.5, 0.6) is 0 Å². The summed E-state index contributed by atoms with van der Waals surface area (Å²) in [5.74, 6) is -0.387. The summed E-state index contributed by atoms with van der Waals surface area (Å²) in [5.41, 5.74) is 1.11. The molecule has 7 heteroatoms. The Morgan fingerprint density at radius 1 is 1.39 bits per heavy atom. The second-order valence-corrected chi connectivity index (χ2v) is 6.52. The highest BCUT2D eigenvalue weighted by molar-refractivity contribution is 6.31. The minimum absolute atomic E-state index is 0.0702. The van der Waals surface area contributed by atoms with Crippen molar-refractivity contribution in [3.05, 3.63) is 33.8 Å². The van der Waals surface area contributed by atoms with E-state index in [4.69, 9.17) is 16.0 Å². The Labute approximate surface area is 139 Å². The number of piperazine rings is 1. The van der Waals surface area contributed by atoms with Gasteiger partial charge in [-0.2, -0.15) is 0 Å². The van der Waals surface area contributed by atoms with Gasteiger partial charge in [0, 0.05) is 49.7 Å². The van der Waals surface area contributed by atoms with Gasteiger partial charge >= 0.3 is 5.76 Å². The number of aromatic nitrogens is 1. The smallest absolute Gasteiger partial charge is 0.408 e. The van der Waals surface area contributed by atoms with Gasteiger partial charge in [-0.05, 0) is 26.1 Å². The number of benzene rings is 1. The van der Waals surface area contributed by atoms with Gasteiger partial charge in [-0.15, -0.1) is 0 Å². The van der Waals surface area contributed by atoms with E-state index in [2.05, 4.69) is 18.9 Å². The number of rotatable bonds is 3. The maximum absolute atomic E-state index is 12.5. The molecule has 124 valence electrons. The molecule has 0 spiro atoms. The monoisotopic (exact) mass is 337 g/mol. The van der Waals surface area contributed by atoms with E-state index in [1.807, 2.05) is 4.90 Å². The Balaban J connectivity index is 1.72. The Morgan fingerprint density at radius 3 is 2.91 bits per heavy atom. The van der Waals surface area contributed by atoms with Crippen molar-refractivity contribution in [3.8, 4) is 0 Å². The standard InChI is InChI=1S/C16H20ClN3O3/c1-11-10-18(2)7-8-19(11)15(21)5-6-20-13-4-3-12(17)9-14(13)23-16(20)22/h3-4,9,11H,5-8,10H2,1-2H3. The molecule has 0 radical (unpaired) electrons. The molecule has 1 aromatic carbocycles. The van der Waals surface area contributed by atoms with E-state index in [1.165, 1.54) is 4.57 Å². The first-order valence-electron chi connectivity index (χ1n) is 7.72. The number of hydrogen-bond acceptors (Lipinski definition) is 4. The third kappa shape index (κ3) is 3.28. The van der Waals surface area contributed by atoms with Crippen LogP contribution in [0.4, 0.5) is 0 Å². The fourth-order valence-corrected chi connectivity index (χ4v) is 3.28. The number of aryl methyl sites for hydroxylation is 1. The number of nitrogens with zero attached hydrogens (tertiary/aromatic N) is 3. The van der Waals surface area contributed by atoms with Crippen LogP contribution < -0.4 is 5.76 Å². The minimum atomic E-state index is -0.457. The predicted octanol–water partition coefficient (Wildman–Crippen LogP) is 1.80. The lowest BCUT2D eigenvalue weighted by atomic mass is 10.2. The molecule has 1 aliphatic rings. The van der Waals surface area contributed by atoms with E-state index in [9.17, 15) is 9.59 Å². The topological polar surface area (TPSA) is 58.7 Å². The highest BCUT2D eigenvalue weighted by Gasteiger charge is 2.25. The van der Waals surface area contributed by atoms with Crippen molar-refractivity contribution >= 4 is 28.6 Å². The van der Waals surface area contributed by atoms with Gasteiger partial charge in [-0.25, -0.2) is 4.79 Å². The first-order valence-corrected chi connectivity index (χ1v) is 8.10. The van der Waals surface area contributed by atoms with Crippen LogP contribution >= 0.6 is 11.6 Å². The van der Waals surface area contributed by atoms with Crippen molar-refractivity contribution in [1.82, 2.24) is 14.4 Å². The van der Waals surface area contributed by atoms with Gasteiger partial charge in [0.15, 0.2) is 5.58 Å². The normalized spacial score (nSPS) is 19.4. The Morgan fingerprint density at radius 2 is 2.17 bits per heavy atom. The third-order valence-electron chi connectivity index (χ3n) is 4.33. The molecule has 0 saturated carbocycles. The number of carbonyl (C=O) groups excluding carboxylic acids is 1. The van der Waals surface area contributed by atoms with Gasteiger partial charge in [-0.3, -0.25) is 9.36 Å². The number of halogens is 1. The molecule has 0 bridgehead atoms. The average molecular weight is 338 g/mol. The van der Waals surface area contributed by atoms with Crippen LogP contribution in [0.2, 0.25) is 5.02 Å². The lowest BCUT2D eigenvalue weighted by molar-refractivity contribution is -0.135. The molecule has 1 aliphatic heterocycles.